The second-order valence-electron chi connectivity index (χ2n) is 5.69. The van der Waals surface area contributed by atoms with E-state index in [9.17, 15) is 14.4 Å². The average Bonchev–Trinajstić information content (AvgIpc) is 3.31. The smallest absolute Gasteiger partial charge is 0.307 e. The van der Waals surface area contributed by atoms with E-state index in [-0.39, 0.29) is 24.5 Å². The van der Waals surface area contributed by atoms with Crippen LogP contribution in [0.2, 0.25) is 0 Å². The zero-order chi connectivity index (χ0) is 14.3. The summed E-state index contributed by atoms with van der Waals surface area (Å²) in [4.78, 5) is 36.8. The number of morpholine rings is 1. The van der Waals surface area contributed by atoms with Crippen LogP contribution in [-0.2, 0) is 19.1 Å². The Kier molecular flexibility index (Phi) is 3.37. The number of nitrogens with zero attached hydrogens (tertiary/aromatic N) is 1. The first-order valence-electron chi connectivity index (χ1n) is 6.99. The van der Waals surface area contributed by atoms with Crippen molar-refractivity contribution in [1.29, 1.82) is 0 Å². The van der Waals surface area contributed by atoms with E-state index in [1.54, 1.807) is 0 Å². The van der Waals surface area contributed by atoms with E-state index in [1.165, 1.54) is 4.90 Å². The summed E-state index contributed by atoms with van der Waals surface area (Å²) in [6.45, 7) is 0.933. The normalized spacial score (nSPS) is 32.6. The number of aliphatic carboxylic acids is 1. The van der Waals surface area contributed by atoms with Crippen LogP contribution in [0, 0.1) is 11.8 Å². The molecule has 1 aliphatic heterocycles. The van der Waals surface area contributed by atoms with Gasteiger partial charge in [-0.2, -0.15) is 0 Å². The Morgan fingerprint density at radius 2 is 1.95 bits per heavy atom. The van der Waals surface area contributed by atoms with Gasteiger partial charge in [0.25, 0.3) is 0 Å². The van der Waals surface area contributed by atoms with Gasteiger partial charge in [-0.3, -0.25) is 14.4 Å². The van der Waals surface area contributed by atoms with Crippen LogP contribution in [0.3, 0.4) is 0 Å². The lowest BCUT2D eigenvalue weighted by atomic mass is 10.1. The number of amides is 2. The molecule has 3 atom stereocenters. The molecule has 1 saturated heterocycles. The van der Waals surface area contributed by atoms with Gasteiger partial charge in [0.05, 0.1) is 25.0 Å². The van der Waals surface area contributed by atoms with Gasteiger partial charge >= 0.3 is 5.97 Å². The molecule has 2 saturated carbocycles. The van der Waals surface area contributed by atoms with Crippen molar-refractivity contribution in [2.45, 2.75) is 31.3 Å². The Hall–Kier alpha value is -1.63. The summed E-state index contributed by atoms with van der Waals surface area (Å²) < 4.78 is 5.29. The summed E-state index contributed by atoms with van der Waals surface area (Å²) in [5, 5.41) is 11.8. The van der Waals surface area contributed by atoms with Gasteiger partial charge in [0.15, 0.2) is 0 Å². The van der Waals surface area contributed by atoms with Gasteiger partial charge < -0.3 is 20.1 Å². The molecule has 7 nitrogen and oxygen atoms in total. The van der Waals surface area contributed by atoms with Crippen LogP contribution in [0.5, 0.6) is 0 Å². The second-order valence-corrected chi connectivity index (χ2v) is 5.69. The number of hydrogen-bond donors (Lipinski definition) is 2. The van der Waals surface area contributed by atoms with E-state index in [0.717, 1.165) is 12.8 Å². The monoisotopic (exact) mass is 282 g/mol. The van der Waals surface area contributed by atoms with Crippen LogP contribution >= 0.6 is 0 Å². The maximum atomic E-state index is 12.3. The van der Waals surface area contributed by atoms with E-state index in [0.29, 0.717) is 19.6 Å². The number of rotatable bonds is 4. The quantitative estimate of drug-likeness (QED) is 0.704. The van der Waals surface area contributed by atoms with Crippen LogP contribution in [-0.4, -0.2) is 59.6 Å². The third-order valence-electron chi connectivity index (χ3n) is 4.06. The molecule has 2 N–H and O–H groups in total. The van der Waals surface area contributed by atoms with Crippen molar-refractivity contribution in [3.05, 3.63) is 0 Å². The Balaban J connectivity index is 1.64. The maximum absolute atomic E-state index is 12.3. The van der Waals surface area contributed by atoms with Gasteiger partial charge in [0.1, 0.15) is 6.04 Å². The number of nitrogens with one attached hydrogen (secondary N) is 1. The molecule has 2 aliphatic carbocycles. The molecule has 20 heavy (non-hydrogen) atoms. The minimum atomic E-state index is -0.935. The van der Waals surface area contributed by atoms with E-state index in [4.69, 9.17) is 9.84 Å². The molecule has 0 spiro atoms. The van der Waals surface area contributed by atoms with Gasteiger partial charge in [-0.25, -0.2) is 0 Å². The molecule has 0 aromatic heterocycles. The highest BCUT2D eigenvalue weighted by atomic mass is 16.5. The summed E-state index contributed by atoms with van der Waals surface area (Å²) >= 11 is 0. The van der Waals surface area contributed by atoms with Gasteiger partial charge in [-0.1, -0.05) is 0 Å². The number of carbonyl (C=O) groups excluding carboxylic acids is 2. The van der Waals surface area contributed by atoms with E-state index < -0.39 is 23.8 Å². The number of hydrogen-bond acceptors (Lipinski definition) is 4. The van der Waals surface area contributed by atoms with Crippen molar-refractivity contribution in [3.8, 4) is 0 Å². The molecule has 0 aromatic rings. The lowest BCUT2D eigenvalue weighted by molar-refractivity contribution is -0.151. The zero-order valence-corrected chi connectivity index (χ0v) is 11.1. The first-order valence-corrected chi connectivity index (χ1v) is 6.99. The fraction of sp³-hybridized carbons (Fsp3) is 0.769. The van der Waals surface area contributed by atoms with E-state index in [1.807, 2.05) is 0 Å². The molecule has 3 fully saturated rings. The summed E-state index contributed by atoms with van der Waals surface area (Å²) in [5.74, 6) is -2.40. The van der Waals surface area contributed by atoms with Crippen molar-refractivity contribution in [3.63, 3.8) is 0 Å². The van der Waals surface area contributed by atoms with Crippen molar-refractivity contribution in [2.24, 2.45) is 11.8 Å². The summed E-state index contributed by atoms with van der Waals surface area (Å²) in [6.07, 6.45) is 2.34. The highest BCUT2D eigenvalue weighted by molar-refractivity contribution is 5.93. The molecule has 0 bridgehead atoms. The Labute approximate surface area is 116 Å². The molecule has 2 amide bonds. The predicted molar refractivity (Wildman–Crippen MR) is 66.7 cm³/mol. The number of carboxylic acids is 1. The fourth-order valence-electron chi connectivity index (χ4n) is 2.56. The van der Waals surface area contributed by atoms with Crippen LogP contribution in [0.25, 0.3) is 0 Å². The molecule has 0 radical (unpaired) electrons. The van der Waals surface area contributed by atoms with Gasteiger partial charge in [-0.15, -0.1) is 0 Å². The lowest BCUT2D eigenvalue weighted by Gasteiger charge is -2.34. The lowest BCUT2D eigenvalue weighted by Crippen LogP contribution is -2.56. The average molecular weight is 282 g/mol. The molecule has 110 valence electrons. The van der Waals surface area contributed by atoms with Crippen LogP contribution < -0.4 is 5.32 Å². The minimum absolute atomic E-state index is 0.187. The third-order valence-corrected chi connectivity index (χ3v) is 4.06. The molecule has 7 heteroatoms. The Morgan fingerprint density at radius 3 is 2.55 bits per heavy atom. The van der Waals surface area contributed by atoms with E-state index in [2.05, 4.69) is 5.32 Å². The number of carbonyl (C=O) groups is 3. The van der Waals surface area contributed by atoms with Gasteiger partial charge in [0.2, 0.25) is 11.8 Å². The second kappa shape index (κ2) is 5.05. The molecule has 1 heterocycles. The highest BCUT2D eigenvalue weighted by Crippen LogP contribution is 2.40. The topological polar surface area (TPSA) is 95.9 Å². The van der Waals surface area contributed by atoms with Crippen LogP contribution in [0.4, 0.5) is 0 Å². The summed E-state index contributed by atoms with van der Waals surface area (Å²) in [5.41, 5.74) is 0. The molecule has 0 aromatic carbocycles. The van der Waals surface area contributed by atoms with Crippen molar-refractivity contribution in [1.82, 2.24) is 10.2 Å². The van der Waals surface area contributed by atoms with Gasteiger partial charge in [0, 0.05) is 12.6 Å². The molecular weight excluding hydrogens is 264 g/mol. The SMILES string of the molecule is O=C(O)C1CC1C(=O)N1CCOCC1C(=O)NC1CC1. The molecule has 3 aliphatic rings. The first kappa shape index (κ1) is 13.4. The maximum Gasteiger partial charge on any atom is 0.307 e. The number of ether oxygens (including phenoxy) is 1. The standard InChI is InChI=1S/C13H18N2O5/c16-11(14-7-1-2-7)10-6-20-4-3-15(10)12(17)8-5-9(8)13(18)19/h7-10H,1-6H2,(H,14,16)(H,18,19). The van der Waals surface area contributed by atoms with Gasteiger partial charge in [-0.05, 0) is 19.3 Å². The number of carboxylic acid groups (broad SMARTS) is 1. The van der Waals surface area contributed by atoms with Crippen molar-refractivity contribution >= 4 is 17.8 Å². The first-order chi connectivity index (χ1) is 9.58. The largest absolute Gasteiger partial charge is 0.481 e. The van der Waals surface area contributed by atoms with Crippen molar-refractivity contribution in [2.75, 3.05) is 19.8 Å². The van der Waals surface area contributed by atoms with Crippen molar-refractivity contribution < 1.29 is 24.2 Å². The molecule has 3 unspecified atom stereocenters. The van der Waals surface area contributed by atoms with Crippen LogP contribution in [0.1, 0.15) is 19.3 Å². The highest BCUT2D eigenvalue weighted by Gasteiger charge is 2.51. The third kappa shape index (κ3) is 2.63. The zero-order valence-electron chi connectivity index (χ0n) is 11.1. The molecular formula is C13H18N2O5. The Morgan fingerprint density at radius 1 is 1.20 bits per heavy atom. The molecule has 3 rings (SSSR count). The minimum Gasteiger partial charge on any atom is -0.481 e. The summed E-state index contributed by atoms with van der Waals surface area (Å²) in [6, 6.07) is -0.388. The summed E-state index contributed by atoms with van der Waals surface area (Å²) in [7, 11) is 0. The Bertz CT molecular complexity index is 448. The van der Waals surface area contributed by atoms with Crippen LogP contribution in [0.15, 0.2) is 0 Å². The van der Waals surface area contributed by atoms with E-state index >= 15 is 0 Å². The fourth-order valence-corrected chi connectivity index (χ4v) is 2.56. The predicted octanol–water partition coefficient (Wildman–Crippen LogP) is -0.787.